The van der Waals surface area contributed by atoms with Crippen LogP contribution in [0.5, 0.6) is 0 Å². The van der Waals surface area contributed by atoms with Crippen molar-refractivity contribution in [2.75, 3.05) is 32.7 Å². The molecule has 2 heterocycles. The number of carbonyl (C=O) groups is 6. The topological polar surface area (TPSA) is 282 Å². The second-order valence-corrected chi connectivity index (χ2v) is 12.6. The number of nitrogens with two attached hydrogens (primary N) is 4. The molecule has 12 N–H and O–H groups in total. The summed E-state index contributed by atoms with van der Waals surface area (Å²) in [5.41, 5.74) is 23.1. The number of carboxylic acids is 1. The molecule has 17 heteroatoms. The zero-order valence-corrected chi connectivity index (χ0v) is 28.4. The van der Waals surface area contributed by atoms with Gasteiger partial charge in [-0.2, -0.15) is 0 Å². The van der Waals surface area contributed by atoms with Crippen LogP contribution in [-0.2, 0) is 35.2 Å². The third-order valence-electron chi connectivity index (χ3n) is 8.87. The first-order valence-electron chi connectivity index (χ1n) is 17.2. The van der Waals surface area contributed by atoms with E-state index in [1.807, 2.05) is 6.07 Å². The normalized spacial score (nSPS) is 18.8. The van der Waals surface area contributed by atoms with Crippen LogP contribution in [0.15, 0.2) is 35.3 Å². The number of guanidine groups is 1. The van der Waals surface area contributed by atoms with Crippen LogP contribution in [0.25, 0.3) is 0 Å². The number of carbonyl (C=O) groups excluding carboxylic acids is 5. The van der Waals surface area contributed by atoms with E-state index in [4.69, 9.17) is 22.9 Å². The van der Waals surface area contributed by atoms with Gasteiger partial charge in [0, 0.05) is 26.1 Å². The molecule has 5 atom stereocenters. The Hall–Kier alpha value is -4.77. The average Bonchev–Trinajstić information content (AvgIpc) is 3.79. The first kappa shape index (κ1) is 39.7. The molecule has 276 valence electrons. The smallest absolute Gasteiger partial charge is 0.326 e. The van der Waals surface area contributed by atoms with Gasteiger partial charge in [-0.3, -0.25) is 29.0 Å². The van der Waals surface area contributed by atoms with Crippen LogP contribution < -0.4 is 38.9 Å². The fourth-order valence-electron chi connectivity index (χ4n) is 6.24. The molecule has 2 saturated heterocycles. The van der Waals surface area contributed by atoms with Crippen LogP contribution in [0.1, 0.15) is 63.4 Å². The first-order valence-corrected chi connectivity index (χ1v) is 17.2. The highest BCUT2D eigenvalue weighted by Gasteiger charge is 2.43. The number of aliphatic imine (C=N–C) groups is 1. The summed E-state index contributed by atoms with van der Waals surface area (Å²) < 4.78 is 0. The molecule has 2 aliphatic rings. The van der Waals surface area contributed by atoms with Gasteiger partial charge in [0.15, 0.2) is 5.96 Å². The van der Waals surface area contributed by atoms with Crippen molar-refractivity contribution >= 4 is 41.5 Å². The Morgan fingerprint density at radius 1 is 0.860 bits per heavy atom. The number of hydrogen-bond acceptors (Lipinski definition) is 9. The quantitative estimate of drug-likeness (QED) is 0.0439. The van der Waals surface area contributed by atoms with Crippen molar-refractivity contribution in [1.29, 1.82) is 0 Å². The van der Waals surface area contributed by atoms with E-state index in [9.17, 15) is 33.9 Å². The number of aliphatic carboxylic acids is 1. The molecule has 50 heavy (non-hydrogen) atoms. The number of hydrogen-bond donors (Lipinski definition) is 8. The van der Waals surface area contributed by atoms with E-state index in [2.05, 4.69) is 20.9 Å². The van der Waals surface area contributed by atoms with Crippen molar-refractivity contribution in [2.45, 2.75) is 94.4 Å². The molecule has 0 bridgehead atoms. The minimum absolute atomic E-state index is 0.113. The molecule has 2 fully saturated rings. The Labute approximate surface area is 291 Å². The molecule has 0 radical (unpaired) electrons. The summed E-state index contributed by atoms with van der Waals surface area (Å²) in [5.74, 6) is -3.91. The van der Waals surface area contributed by atoms with Gasteiger partial charge in [0.2, 0.25) is 29.5 Å². The van der Waals surface area contributed by atoms with Crippen LogP contribution in [0.4, 0.5) is 0 Å². The molecule has 5 unspecified atom stereocenters. The predicted molar refractivity (Wildman–Crippen MR) is 185 cm³/mol. The van der Waals surface area contributed by atoms with Crippen molar-refractivity contribution < 1.29 is 33.9 Å². The number of benzene rings is 1. The number of nitrogens with zero attached hydrogens (tertiary/aromatic N) is 3. The largest absolute Gasteiger partial charge is 0.480 e. The number of amides is 5. The molecule has 2 aliphatic heterocycles. The highest BCUT2D eigenvalue weighted by Crippen LogP contribution is 2.26. The Morgan fingerprint density at radius 2 is 1.54 bits per heavy atom. The molecule has 3 rings (SSSR count). The molecule has 0 aromatic heterocycles. The summed E-state index contributed by atoms with van der Waals surface area (Å²) in [6, 6.07) is 4.27. The number of carboxylic acid groups (broad SMARTS) is 1. The van der Waals surface area contributed by atoms with Gasteiger partial charge in [0.25, 0.3) is 0 Å². The predicted octanol–water partition coefficient (Wildman–Crippen LogP) is -2.11. The van der Waals surface area contributed by atoms with Gasteiger partial charge in [0.05, 0.1) is 12.6 Å². The van der Waals surface area contributed by atoms with Crippen molar-refractivity contribution in [1.82, 2.24) is 25.8 Å². The summed E-state index contributed by atoms with van der Waals surface area (Å²) in [6.45, 7) is 0.745. The van der Waals surface area contributed by atoms with Crippen molar-refractivity contribution in [2.24, 2.45) is 27.9 Å². The maximum Gasteiger partial charge on any atom is 0.326 e. The van der Waals surface area contributed by atoms with Crippen molar-refractivity contribution in [3.63, 3.8) is 0 Å². The van der Waals surface area contributed by atoms with E-state index >= 15 is 0 Å². The van der Waals surface area contributed by atoms with E-state index in [1.165, 1.54) is 9.80 Å². The summed E-state index contributed by atoms with van der Waals surface area (Å²) in [4.78, 5) is 85.1. The maximum atomic E-state index is 14.0. The lowest BCUT2D eigenvalue weighted by atomic mass is 10.0. The van der Waals surface area contributed by atoms with Gasteiger partial charge < -0.3 is 53.8 Å². The standard InChI is InChI=1S/C33H52N10O7/c34-15-5-4-11-22(35)28(45)41-23(12-6-16-38-33(36)37)29(46)39-20-27(44)40-24(19-21-9-2-1-3-10-21)30(47)42-17-7-13-25(42)31(48)43-18-8-14-26(43)32(49)50/h1-3,9-10,22-26H,4-8,11-20,34-35H2,(H,39,46)(H,40,44)(H,41,45)(H,49,50)(H4,36,37,38). The average molecular weight is 701 g/mol. The molecule has 1 aromatic carbocycles. The SMILES string of the molecule is NCCCCC(N)C(=O)NC(CCCN=C(N)N)C(=O)NCC(=O)NC(Cc1ccccc1)C(=O)N1CCCC1C(=O)N1CCCC1C(=O)O. The van der Waals surface area contributed by atoms with Gasteiger partial charge in [-0.15, -0.1) is 0 Å². The summed E-state index contributed by atoms with van der Waals surface area (Å²) in [7, 11) is 0. The Bertz CT molecular complexity index is 1360. The summed E-state index contributed by atoms with van der Waals surface area (Å²) >= 11 is 0. The monoisotopic (exact) mass is 700 g/mol. The lowest BCUT2D eigenvalue weighted by Crippen LogP contribution is -2.57. The van der Waals surface area contributed by atoms with E-state index in [-0.39, 0.29) is 31.9 Å². The van der Waals surface area contributed by atoms with Crippen molar-refractivity contribution in [3.8, 4) is 0 Å². The molecule has 0 saturated carbocycles. The van der Waals surface area contributed by atoms with Gasteiger partial charge in [-0.25, -0.2) is 4.79 Å². The van der Waals surface area contributed by atoms with E-state index in [0.29, 0.717) is 64.5 Å². The first-order chi connectivity index (χ1) is 23.9. The lowest BCUT2D eigenvalue weighted by Gasteiger charge is -2.32. The third-order valence-corrected chi connectivity index (χ3v) is 8.87. The van der Waals surface area contributed by atoms with E-state index in [0.717, 1.165) is 5.56 Å². The van der Waals surface area contributed by atoms with E-state index in [1.54, 1.807) is 24.3 Å². The third kappa shape index (κ3) is 12.0. The molecule has 5 amide bonds. The molecule has 1 aromatic rings. The van der Waals surface area contributed by atoms with Crippen LogP contribution in [-0.4, -0.2) is 119 Å². The van der Waals surface area contributed by atoms with Gasteiger partial charge in [-0.1, -0.05) is 36.8 Å². The zero-order chi connectivity index (χ0) is 36.6. The highest BCUT2D eigenvalue weighted by molar-refractivity contribution is 5.95. The lowest BCUT2D eigenvalue weighted by molar-refractivity contribution is -0.152. The Balaban J connectivity index is 1.69. The second kappa shape index (κ2) is 20.0. The fourth-order valence-corrected chi connectivity index (χ4v) is 6.24. The molecular formula is C33H52N10O7. The molecular weight excluding hydrogens is 648 g/mol. The van der Waals surface area contributed by atoms with Gasteiger partial charge in [-0.05, 0) is 63.5 Å². The van der Waals surface area contributed by atoms with Gasteiger partial charge in [0.1, 0.15) is 24.2 Å². The number of nitrogens with one attached hydrogen (secondary N) is 3. The van der Waals surface area contributed by atoms with Crippen molar-refractivity contribution in [3.05, 3.63) is 35.9 Å². The maximum absolute atomic E-state index is 14.0. The molecule has 17 nitrogen and oxygen atoms in total. The number of unbranched alkanes of at least 4 members (excludes halogenated alkanes) is 1. The Kier molecular flexibility index (Phi) is 15.9. The van der Waals surface area contributed by atoms with E-state index < -0.39 is 72.3 Å². The number of rotatable bonds is 19. The zero-order valence-electron chi connectivity index (χ0n) is 28.4. The van der Waals surface area contributed by atoms with Gasteiger partial charge >= 0.3 is 5.97 Å². The summed E-state index contributed by atoms with van der Waals surface area (Å²) in [6.07, 6.45) is 4.17. The van der Waals surface area contributed by atoms with Crippen LogP contribution in [0.3, 0.4) is 0 Å². The summed E-state index contributed by atoms with van der Waals surface area (Å²) in [5, 5.41) is 17.5. The second-order valence-electron chi connectivity index (χ2n) is 12.6. The minimum Gasteiger partial charge on any atom is -0.480 e. The van der Waals surface area contributed by atoms with Crippen LogP contribution >= 0.6 is 0 Å². The van der Waals surface area contributed by atoms with Crippen LogP contribution in [0.2, 0.25) is 0 Å². The fraction of sp³-hybridized carbons (Fsp3) is 0.606. The molecule has 0 aliphatic carbocycles. The Morgan fingerprint density at radius 3 is 2.20 bits per heavy atom. The molecule has 0 spiro atoms. The minimum atomic E-state index is -1.08. The number of likely N-dealkylation sites (tertiary alicyclic amines) is 2. The van der Waals surface area contributed by atoms with Crippen LogP contribution in [0, 0.1) is 0 Å². The highest BCUT2D eigenvalue weighted by atomic mass is 16.4.